The van der Waals surface area contributed by atoms with Gasteiger partial charge in [-0.1, -0.05) is 23.7 Å². The Kier molecular flexibility index (Phi) is 11.7. The highest BCUT2D eigenvalue weighted by Crippen LogP contribution is 2.29. The van der Waals surface area contributed by atoms with Gasteiger partial charge in [0.05, 0.1) is 30.0 Å². The van der Waals surface area contributed by atoms with Gasteiger partial charge in [-0.2, -0.15) is 0 Å². The summed E-state index contributed by atoms with van der Waals surface area (Å²) < 4.78 is 33.8. The molecule has 242 valence electrons. The van der Waals surface area contributed by atoms with Crippen molar-refractivity contribution in [2.45, 2.75) is 50.8 Å². The molecule has 0 spiro atoms. The van der Waals surface area contributed by atoms with Crippen molar-refractivity contribution >= 4 is 35.4 Å². The van der Waals surface area contributed by atoms with Gasteiger partial charge in [0.15, 0.2) is 17.7 Å². The van der Waals surface area contributed by atoms with E-state index in [9.17, 15) is 9.50 Å². The summed E-state index contributed by atoms with van der Waals surface area (Å²) in [6.45, 7) is 0.316. The number of aromatic amines is 1. The van der Waals surface area contributed by atoms with Gasteiger partial charge in [-0.25, -0.2) is 13.8 Å². The lowest BCUT2D eigenvalue weighted by atomic mass is 10.0. The van der Waals surface area contributed by atoms with Crippen LogP contribution in [0, 0.1) is 5.82 Å². The average molecular weight is 645 g/mol. The predicted molar refractivity (Wildman–Crippen MR) is 173 cm³/mol. The van der Waals surface area contributed by atoms with E-state index in [0.29, 0.717) is 54.3 Å². The number of aliphatic hydroxyl groups excluding tert-OH is 1. The van der Waals surface area contributed by atoms with Gasteiger partial charge >= 0.3 is 0 Å². The number of aliphatic hydroxyl groups is 1. The molecule has 0 fully saturated rings. The smallest absolute Gasteiger partial charge is 0.231 e. The zero-order valence-corrected chi connectivity index (χ0v) is 25.4. The van der Waals surface area contributed by atoms with Crippen LogP contribution < -0.4 is 44.3 Å². The number of guanidine groups is 2. The number of ether oxygens (including phenoxy) is 1. The summed E-state index contributed by atoms with van der Waals surface area (Å²) in [4.78, 5) is 17.1. The van der Waals surface area contributed by atoms with E-state index in [-0.39, 0.29) is 41.8 Å². The summed E-state index contributed by atoms with van der Waals surface area (Å²) in [5, 5.41) is 11.4. The van der Waals surface area contributed by atoms with Gasteiger partial charge in [-0.15, -0.1) is 0 Å². The molecule has 3 aromatic rings. The number of H-pyrrole nitrogens is 1. The highest BCUT2D eigenvalue weighted by Gasteiger charge is 2.20. The van der Waals surface area contributed by atoms with Crippen molar-refractivity contribution < 1.29 is 18.6 Å². The number of benzene rings is 2. The van der Waals surface area contributed by atoms with Gasteiger partial charge < -0.3 is 48.4 Å². The van der Waals surface area contributed by atoms with E-state index in [0.717, 1.165) is 11.1 Å². The maximum absolute atomic E-state index is 15.1. The maximum Gasteiger partial charge on any atom is 0.231 e. The number of anilines is 1. The first-order valence-electron chi connectivity index (χ1n) is 14.4. The molecule has 45 heavy (non-hydrogen) atoms. The Morgan fingerprint density at radius 1 is 1.07 bits per heavy atom. The first kappa shape index (κ1) is 33.6. The van der Waals surface area contributed by atoms with Crippen LogP contribution in [0.3, 0.4) is 0 Å². The maximum atomic E-state index is 15.1. The first-order chi connectivity index (χ1) is 21.5. The number of nitrogens with two attached hydrogens (primary N) is 5. The van der Waals surface area contributed by atoms with E-state index in [1.165, 1.54) is 0 Å². The molecule has 0 aliphatic carbocycles. The zero-order chi connectivity index (χ0) is 32.5. The summed E-state index contributed by atoms with van der Waals surface area (Å²) >= 11 is 6.21. The number of aryl methyl sites for hydroxylation is 1. The molecule has 4 rings (SSSR count). The van der Waals surface area contributed by atoms with E-state index in [4.69, 9.17) is 45.0 Å². The molecule has 3 atom stereocenters. The normalized spacial score (nSPS) is 15.4. The highest BCUT2D eigenvalue weighted by molar-refractivity contribution is 6.31. The fraction of sp³-hybridized carbons (Fsp3) is 0.367. The summed E-state index contributed by atoms with van der Waals surface area (Å²) in [5.74, 6) is -0.623. The molecule has 2 heterocycles. The van der Waals surface area contributed by atoms with Crippen molar-refractivity contribution in [1.82, 2.24) is 4.98 Å². The molecule has 12 nitrogen and oxygen atoms in total. The van der Waals surface area contributed by atoms with Crippen molar-refractivity contribution in [2.75, 3.05) is 24.7 Å². The Morgan fingerprint density at radius 3 is 2.49 bits per heavy atom. The van der Waals surface area contributed by atoms with Gasteiger partial charge in [-0.05, 0) is 67.1 Å². The van der Waals surface area contributed by atoms with E-state index < -0.39 is 24.9 Å². The van der Waals surface area contributed by atoms with Crippen LogP contribution in [0.2, 0.25) is 5.02 Å². The lowest BCUT2D eigenvalue weighted by Crippen LogP contribution is -2.41. The Labute approximate surface area is 264 Å². The topological polar surface area (TPSA) is 216 Å². The summed E-state index contributed by atoms with van der Waals surface area (Å²) in [7, 11) is 0. The number of aliphatic imine (C=N–C) groups is 2. The minimum absolute atomic E-state index is 0.00729. The standard InChI is InChI=1S/C30H39ClF2N10O2/c31-24-11-18(2-1-3-20(34)13-32)10-23(26(24)33)25-12-19-15-43(30(44)42-27(19)41-25)21-6-4-17(5-7-21)16-45-22(14-40-29(37)38)8-9-39-28(35)36/h4-7,10-12,15,20,22,30,44H,1-3,8-9,13-14,16,34H2,(H,41,42)(H4,35,36,39)(H4,37,38,40)/t20-,22-,30?/m1/s1. The van der Waals surface area contributed by atoms with Crippen LogP contribution in [0.15, 0.2) is 57.4 Å². The van der Waals surface area contributed by atoms with Gasteiger partial charge in [0.2, 0.25) is 6.35 Å². The summed E-state index contributed by atoms with van der Waals surface area (Å²) in [6, 6.07) is 11.9. The molecular weight excluding hydrogens is 606 g/mol. The van der Waals surface area contributed by atoms with Crippen LogP contribution in [0.1, 0.15) is 30.4 Å². The van der Waals surface area contributed by atoms with E-state index in [1.54, 1.807) is 29.3 Å². The van der Waals surface area contributed by atoms with Crippen molar-refractivity contribution in [3.05, 3.63) is 75.1 Å². The number of aromatic nitrogens is 1. The van der Waals surface area contributed by atoms with Gasteiger partial charge in [0.25, 0.3) is 0 Å². The van der Waals surface area contributed by atoms with Crippen LogP contribution in [0.5, 0.6) is 0 Å². The number of fused-ring (bicyclic) bond motifs is 1. The summed E-state index contributed by atoms with van der Waals surface area (Å²) in [5.41, 5.74) is 30.9. The number of hydrogen-bond donors (Lipinski definition) is 7. The largest absolute Gasteiger partial charge is 0.372 e. The molecule has 0 bridgehead atoms. The van der Waals surface area contributed by atoms with Crippen molar-refractivity contribution in [3.8, 4) is 11.3 Å². The zero-order valence-electron chi connectivity index (χ0n) is 24.7. The number of alkyl halides is 1. The molecule has 0 saturated heterocycles. The van der Waals surface area contributed by atoms with Crippen LogP contribution in [0.4, 0.5) is 14.5 Å². The molecule has 2 aromatic carbocycles. The molecule has 0 saturated carbocycles. The quantitative estimate of drug-likeness (QED) is 0.0936. The highest BCUT2D eigenvalue weighted by atomic mass is 35.5. The second-order valence-corrected chi connectivity index (χ2v) is 11.1. The number of hydrogen-bond acceptors (Lipinski definition) is 7. The van der Waals surface area contributed by atoms with Crippen molar-refractivity contribution in [2.24, 2.45) is 43.6 Å². The van der Waals surface area contributed by atoms with Crippen molar-refractivity contribution in [1.29, 1.82) is 0 Å². The van der Waals surface area contributed by atoms with Gasteiger partial charge in [0.1, 0.15) is 12.2 Å². The lowest BCUT2D eigenvalue weighted by Gasteiger charge is -2.25. The molecule has 0 amide bonds. The number of rotatable bonds is 15. The van der Waals surface area contributed by atoms with Crippen LogP contribution >= 0.6 is 11.6 Å². The van der Waals surface area contributed by atoms with Crippen LogP contribution in [-0.4, -0.2) is 60.3 Å². The monoisotopic (exact) mass is 644 g/mol. The summed E-state index contributed by atoms with van der Waals surface area (Å²) in [6.07, 6.45) is 2.43. The molecular formula is C30H39ClF2N10O2. The van der Waals surface area contributed by atoms with Crippen LogP contribution in [-0.2, 0) is 17.8 Å². The third-order valence-corrected chi connectivity index (χ3v) is 7.43. The molecule has 1 unspecified atom stereocenters. The minimum Gasteiger partial charge on any atom is -0.372 e. The molecule has 12 N–H and O–H groups in total. The fourth-order valence-electron chi connectivity index (χ4n) is 4.79. The van der Waals surface area contributed by atoms with E-state index in [1.807, 2.05) is 24.3 Å². The third-order valence-electron chi connectivity index (χ3n) is 7.16. The Balaban J connectivity index is 1.48. The molecule has 1 aliphatic rings. The van der Waals surface area contributed by atoms with E-state index in [2.05, 4.69) is 20.0 Å². The molecule has 1 aromatic heterocycles. The molecule has 15 heteroatoms. The Morgan fingerprint density at radius 2 is 1.80 bits per heavy atom. The van der Waals surface area contributed by atoms with Crippen LogP contribution in [0.25, 0.3) is 17.5 Å². The fourth-order valence-corrected chi connectivity index (χ4v) is 5.04. The van der Waals surface area contributed by atoms with Crippen molar-refractivity contribution in [3.63, 3.8) is 0 Å². The minimum atomic E-state index is -1.22. The van der Waals surface area contributed by atoms with Gasteiger partial charge in [0, 0.05) is 35.3 Å². The predicted octanol–water partition coefficient (Wildman–Crippen LogP) is 1.07. The third kappa shape index (κ3) is 9.38. The number of halogens is 3. The first-order valence-corrected chi connectivity index (χ1v) is 14.8. The van der Waals surface area contributed by atoms with Gasteiger partial charge in [-0.3, -0.25) is 9.98 Å². The Hall–Kier alpha value is -4.24. The number of nitrogens with one attached hydrogen (secondary N) is 1. The molecule has 0 radical (unpaired) electrons. The van der Waals surface area contributed by atoms with E-state index >= 15 is 4.39 Å². The average Bonchev–Trinajstić information content (AvgIpc) is 3.41. The lowest BCUT2D eigenvalue weighted by molar-refractivity contribution is 0.0429. The Bertz CT molecular complexity index is 1620. The number of nitrogens with zero attached hydrogens (tertiary/aromatic N) is 4. The molecule has 1 aliphatic heterocycles. The SMILES string of the molecule is NC(N)=NCC[C@H](CN=C(N)N)OCc1ccc(N2C=c3cc(-c4cc(CCC[C@@H](N)CF)cc(Cl)c4F)[nH]c3=NC2O)cc1. The second-order valence-electron chi connectivity index (χ2n) is 10.7. The second kappa shape index (κ2) is 15.7.